The lowest BCUT2D eigenvalue weighted by Gasteiger charge is -2.44. The van der Waals surface area contributed by atoms with Crippen LogP contribution in [0, 0.1) is 0 Å². The summed E-state index contributed by atoms with van der Waals surface area (Å²) in [6.45, 7) is 6.25. The van der Waals surface area contributed by atoms with Gasteiger partial charge in [-0.05, 0) is 26.7 Å². The molecule has 2 aliphatic heterocycles. The number of carbonyl (C=O) groups is 1. The molecule has 2 aliphatic rings. The molecule has 1 atom stereocenters. The Hall–Kier alpha value is -0.380. The third-order valence-electron chi connectivity index (χ3n) is 3.15. The molecule has 3 nitrogen and oxygen atoms in total. The van der Waals surface area contributed by atoms with Crippen LogP contribution in [0.4, 0.5) is 4.79 Å². The van der Waals surface area contributed by atoms with Gasteiger partial charge >= 0.3 is 6.03 Å². The van der Waals surface area contributed by atoms with E-state index in [1.165, 1.54) is 0 Å². The minimum atomic E-state index is 0.140. The van der Waals surface area contributed by atoms with E-state index in [1.807, 2.05) is 16.7 Å². The molecule has 0 aliphatic carbocycles. The molecule has 2 saturated heterocycles. The summed E-state index contributed by atoms with van der Waals surface area (Å²) in [6, 6.07) is 0.501. The Morgan fingerprint density at radius 1 is 1.43 bits per heavy atom. The minimum absolute atomic E-state index is 0.140. The topological polar surface area (TPSA) is 32.3 Å². The number of urea groups is 1. The van der Waals surface area contributed by atoms with Gasteiger partial charge in [0.25, 0.3) is 0 Å². The van der Waals surface area contributed by atoms with Crippen molar-refractivity contribution in [2.45, 2.75) is 37.5 Å². The van der Waals surface area contributed by atoms with E-state index >= 15 is 0 Å². The van der Waals surface area contributed by atoms with E-state index in [4.69, 9.17) is 0 Å². The predicted octanol–water partition coefficient (Wildman–Crippen LogP) is 1.69. The number of nitrogens with one attached hydrogen (secondary N) is 1. The summed E-state index contributed by atoms with van der Waals surface area (Å²) in [4.78, 5) is 13.7. The molecule has 0 aromatic rings. The monoisotopic (exact) mass is 214 g/mol. The first-order valence-corrected chi connectivity index (χ1v) is 6.27. The molecule has 2 rings (SSSR count). The normalized spacial score (nSPS) is 29.9. The standard InChI is InChI=1S/C10H18N2OS/c1-10(2)8(7-14-10)11-9(13)12-5-3-4-6-12/h8H,3-7H2,1-2H3,(H,11,13). The molecule has 80 valence electrons. The molecule has 2 heterocycles. The summed E-state index contributed by atoms with van der Waals surface area (Å²) in [5.74, 6) is 1.06. The number of hydrogen-bond donors (Lipinski definition) is 1. The summed E-state index contributed by atoms with van der Waals surface area (Å²) < 4.78 is 0.232. The Bertz CT molecular complexity index is 236. The number of amides is 2. The number of carbonyl (C=O) groups excluding carboxylic acids is 1. The van der Waals surface area contributed by atoms with E-state index < -0.39 is 0 Å². The fourth-order valence-corrected chi connectivity index (χ4v) is 3.02. The zero-order chi connectivity index (χ0) is 10.2. The highest BCUT2D eigenvalue weighted by molar-refractivity contribution is 8.02. The smallest absolute Gasteiger partial charge is 0.317 e. The third kappa shape index (κ3) is 1.85. The molecule has 1 unspecified atom stereocenters. The van der Waals surface area contributed by atoms with Crippen molar-refractivity contribution in [2.75, 3.05) is 18.8 Å². The summed E-state index contributed by atoms with van der Waals surface area (Å²) in [6.07, 6.45) is 2.33. The Kier molecular flexibility index (Phi) is 2.64. The van der Waals surface area contributed by atoms with Crippen LogP contribution in [0.2, 0.25) is 0 Å². The van der Waals surface area contributed by atoms with Gasteiger partial charge in [0.2, 0.25) is 0 Å². The number of rotatable bonds is 1. The third-order valence-corrected chi connectivity index (χ3v) is 4.68. The van der Waals surface area contributed by atoms with Crippen LogP contribution in [0.25, 0.3) is 0 Å². The van der Waals surface area contributed by atoms with Crippen LogP contribution in [0.15, 0.2) is 0 Å². The van der Waals surface area contributed by atoms with Crippen molar-refractivity contribution in [1.82, 2.24) is 10.2 Å². The highest BCUT2D eigenvalue weighted by Crippen LogP contribution is 2.39. The molecule has 0 saturated carbocycles. The van der Waals surface area contributed by atoms with Crippen molar-refractivity contribution < 1.29 is 4.79 Å². The largest absolute Gasteiger partial charge is 0.333 e. The molecule has 2 fully saturated rings. The fourth-order valence-electron chi connectivity index (χ4n) is 1.88. The van der Waals surface area contributed by atoms with Crippen molar-refractivity contribution in [2.24, 2.45) is 0 Å². The molecule has 2 amide bonds. The summed E-state index contributed by atoms with van der Waals surface area (Å²) in [5.41, 5.74) is 0. The van der Waals surface area contributed by atoms with Crippen LogP contribution in [-0.2, 0) is 0 Å². The molecular weight excluding hydrogens is 196 g/mol. The van der Waals surface area contributed by atoms with Crippen LogP contribution < -0.4 is 5.32 Å². The van der Waals surface area contributed by atoms with E-state index in [2.05, 4.69) is 19.2 Å². The van der Waals surface area contributed by atoms with Gasteiger partial charge in [-0.15, -0.1) is 0 Å². The molecule has 4 heteroatoms. The number of likely N-dealkylation sites (tertiary alicyclic amines) is 1. The molecule has 14 heavy (non-hydrogen) atoms. The lowest BCUT2D eigenvalue weighted by molar-refractivity contribution is 0.202. The van der Waals surface area contributed by atoms with Crippen molar-refractivity contribution in [3.63, 3.8) is 0 Å². The van der Waals surface area contributed by atoms with Crippen LogP contribution in [-0.4, -0.2) is 40.6 Å². The highest BCUT2D eigenvalue weighted by atomic mass is 32.2. The SMILES string of the molecule is CC1(C)SCC1NC(=O)N1CCCC1. The Morgan fingerprint density at radius 2 is 2.07 bits per heavy atom. The van der Waals surface area contributed by atoms with Gasteiger partial charge in [0.15, 0.2) is 0 Å². The summed E-state index contributed by atoms with van der Waals surface area (Å²) >= 11 is 1.92. The molecule has 0 spiro atoms. The Balaban J connectivity index is 1.82. The molecule has 0 aromatic heterocycles. The second-order valence-corrected chi connectivity index (χ2v) is 6.28. The number of hydrogen-bond acceptors (Lipinski definition) is 2. The molecule has 0 radical (unpaired) electrons. The lowest BCUT2D eigenvalue weighted by atomic mass is 10.0. The maximum absolute atomic E-state index is 11.7. The molecule has 0 aromatic carbocycles. The van der Waals surface area contributed by atoms with E-state index in [0.717, 1.165) is 31.7 Å². The average molecular weight is 214 g/mol. The maximum atomic E-state index is 11.7. The van der Waals surface area contributed by atoms with E-state index in [0.29, 0.717) is 6.04 Å². The van der Waals surface area contributed by atoms with Crippen molar-refractivity contribution in [3.05, 3.63) is 0 Å². The quantitative estimate of drug-likeness (QED) is 0.720. The molecule has 1 N–H and O–H groups in total. The van der Waals surface area contributed by atoms with Gasteiger partial charge in [-0.1, -0.05) is 0 Å². The maximum Gasteiger partial charge on any atom is 0.317 e. The van der Waals surface area contributed by atoms with Crippen LogP contribution in [0.3, 0.4) is 0 Å². The van der Waals surface area contributed by atoms with Gasteiger partial charge in [0.05, 0.1) is 6.04 Å². The van der Waals surface area contributed by atoms with Gasteiger partial charge in [-0.25, -0.2) is 4.79 Å². The minimum Gasteiger partial charge on any atom is -0.333 e. The van der Waals surface area contributed by atoms with Crippen molar-refractivity contribution in [3.8, 4) is 0 Å². The van der Waals surface area contributed by atoms with Crippen molar-refractivity contribution in [1.29, 1.82) is 0 Å². The van der Waals surface area contributed by atoms with Crippen molar-refractivity contribution >= 4 is 17.8 Å². The zero-order valence-corrected chi connectivity index (χ0v) is 9.69. The lowest BCUT2D eigenvalue weighted by Crippen LogP contribution is -2.58. The predicted molar refractivity (Wildman–Crippen MR) is 59.7 cm³/mol. The van der Waals surface area contributed by atoms with Crippen LogP contribution in [0.1, 0.15) is 26.7 Å². The summed E-state index contributed by atoms with van der Waals surface area (Å²) in [7, 11) is 0. The van der Waals surface area contributed by atoms with Gasteiger partial charge in [-0.3, -0.25) is 0 Å². The number of nitrogens with zero attached hydrogens (tertiary/aromatic N) is 1. The van der Waals surface area contributed by atoms with Gasteiger partial charge < -0.3 is 10.2 Å². The van der Waals surface area contributed by atoms with E-state index in [9.17, 15) is 4.79 Å². The highest BCUT2D eigenvalue weighted by Gasteiger charge is 2.41. The molecule has 0 bridgehead atoms. The van der Waals surface area contributed by atoms with E-state index in [1.54, 1.807) is 0 Å². The Labute approximate surface area is 89.6 Å². The van der Waals surface area contributed by atoms with Crippen LogP contribution >= 0.6 is 11.8 Å². The first-order valence-electron chi connectivity index (χ1n) is 5.29. The van der Waals surface area contributed by atoms with E-state index in [-0.39, 0.29) is 10.8 Å². The second kappa shape index (κ2) is 3.65. The van der Waals surface area contributed by atoms with Crippen LogP contribution in [0.5, 0.6) is 0 Å². The first kappa shape index (κ1) is 10.1. The van der Waals surface area contributed by atoms with Gasteiger partial charge in [-0.2, -0.15) is 11.8 Å². The molecular formula is C10H18N2OS. The first-order chi connectivity index (χ1) is 6.59. The Morgan fingerprint density at radius 3 is 2.50 bits per heavy atom. The van der Waals surface area contributed by atoms with Gasteiger partial charge in [0.1, 0.15) is 0 Å². The summed E-state index contributed by atoms with van der Waals surface area (Å²) in [5, 5.41) is 3.11. The fraction of sp³-hybridized carbons (Fsp3) is 0.900. The average Bonchev–Trinajstić information content (AvgIpc) is 2.65. The zero-order valence-electron chi connectivity index (χ0n) is 8.88. The second-order valence-electron chi connectivity index (χ2n) is 4.61. The number of thioether (sulfide) groups is 1. The van der Waals surface area contributed by atoms with Gasteiger partial charge in [0, 0.05) is 23.6 Å².